The van der Waals surface area contributed by atoms with Gasteiger partial charge in [-0.15, -0.1) is 11.3 Å². The molecule has 0 saturated carbocycles. The van der Waals surface area contributed by atoms with Gasteiger partial charge in [0.2, 0.25) is 0 Å². The number of benzene rings is 1. The second-order valence-corrected chi connectivity index (χ2v) is 5.84. The van der Waals surface area contributed by atoms with Crippen molar-refractivity contribution in [1.82, 2.24) is 0 Å². The maximum Gasteiger partial charge on any atom is 0.172 e. The third kappa shape index (κ3) is 3.05. The Labute approximate surface area is 114 Å². The van der Waals surface area contributed by atoms with Crippen molar-refractivity contribution in [3.63, 3.8) is 0 Å². The first-order chi connectivity index (χ1) is 8.20. The van der Waals surface area contributed by atoms with Gasteiger partial charge in [0.25, 0.3) is 0 Å². The maximum atomic E-state index is 11.7. The fourth-order valence-corrected chi connectivity index (χ4v) is 2.85. The average molecular weight is 309 g/mol. The first kappa shape index (κ1) is 12.5. The van der Waals surface area contributed by atoms with Crippen molar-refractivity contribution < 1.29 is 4.79 Å². The van der Waals surface area contributed by atoms with Gasteiger partial charge in [0.05, 0.1) is 4.88 Å². The van der Waals surface area contributed by atoms with Crippen LogP contribution in [0.2, 0.25) is 0 Å². The monoisotopic (exact) mass is 308 g/mol. The Balaban J connectivity index is 2.23. The minimum Gasteiger partial charge on any atom is -0.293 e. The molecule has 2 aromatic rings. The molecule has 0 aliphatic carbocycles. The number of hydrogen-bond acceptors (Lipinski definition) is 2. The van der Waals surface area contributed by atoms with Gasteiger partial charge in [-0.05, 0) is 36.2 Å². The van der Waals surface area contributed by atoms with E-state index in [1.54, 1.807) is 11.3 Å². The summed E-state index contributed by atoms with van der Waals surface area (Å²) in [5, 5.41) is 0. The van der Waals surface area contributed by atoms with E-state index >= 15 is 0 Å². The summed E-state index contributed by atoms with van der Waals surface area (Å²) in [7, 11) is 0. The van der Waals surface area contributed by atoms with E-state index in [0.717, 1.165) is 26.2 Å². The van der Waals surface area contributed by atoms with Gasteiger partial charge in [-0.1, -0.05) is 35.0 Å². The van der Waals surface area contributed by atoms with E-state index in [4.69, 9.17) is 0 Å². The summed E-state index contributed by atoms with van der Waals surface area (Å²) in [6, 6.07) is 12.1. The predicted octanol–water partition coefficient (Wildman–Crippen LogP) is 5.16. The van der Waals surface area contributed by atoms with Crippen LogP contribution in [0.15, 0.2) is 40.9 Å². The van der Waals surface area contributed by atoms with Crippen LogP contribution in [0.3, 0.4) is 0 Å². The normalized spacial score (nSPS) is 10.5. The number of hydrogen-bond donors (Lipinski definition) is 0. The summed E-state index contributed by atoms with van der Waals surface area (Å²) in [6.07, 6.45) is 1.55. The van der Waals surface area contributed by atoms with Gasteiger partial charge in [-0.2, -0.15) is 0 Å². The van der Waals surface area contributed by atoms with Gasteiger partial charge in [0.15, 0.2) is 5.78 Å². The van der Waals surface area contributed by atoms with Gasteiger partial charge >= 0.3 is 0 Å². The molecule has 0 radical (unpaired) electrons. The zero-order valence-corrected chi connectivity index (χ0v) is 12.0. The summed E-state index contributed by atoms with van der Waals surface area (Å²) in [6.45, 7) is 2.03. The molecule has 0 saturated heterocycles. The molecular formula is C14H13BrOS. The van der Waals surface area contributed by atoms with Crippen LogP contribution in [0.4, 0.5) is 0 Å². The van der Waals surface area contributed by atoms with Crippen LogP contribution in [-0.2, 0) is 0 Å². The molecule has 2 rings (SSSR count). The highest BCUT2D eigenvalue weighted by Gasteiger charge is 2.09. The van der Waals surface area contributed by atoms with Crippen LogP contribution >= 0.6 is 27.3 Å². The molecule has 0 bridgehead atoms. The number of ketones is 1. The van der Waals surface area contributed by atoms with Crippen LogP contribution < -0.4 is 0 Å². The van der Waals surface area contributed by atoms with E-state index in [2.05, 4.69) is 28.1 Å². The number of carbonyl (C=O) groups is 1. The van der Waals surface area contributed by atoms with E-state index in [-0.39, 0.29) is 5.78 Å². The number of carbonyl (C=O) groups excluding carboxylic acids is 1. The van der Waals surface area contributed by atoms with Crippen LogP contribution in [-0.4, -0.2) is 5.78 Å². The van der Waals surface area contributed by atoms with Gasteiger partial charge in [-0.3, -0.25) is 4.79 Å². The molecule has 1 aromatic heterocycles. The zero-order valence-electron chi connectivity index (χ0n) is 9.57. The van der Waals surface area contributed by atoms with Crippen LogP contribution in [0.25, 0.3) is 10.4 Å². The number of halogens is 1. The van der Waals surface area contributed by atoms with Gasteiger partial charge < -0.3 is 0 Å². The largest absolute Gasteiger partial charge is 0.293 e. The van der Waals surface area contributed by atoms with Crippen molar-refractivity contribution in [2.24, 2.45) is 0 Å². The molecule has 17 heavy (non-hydrogen) atoms. The van der Waals surface area contributed by atoms with Gasteiger partial charge in [0.1, 0.15) is 0 Å². The fraction of sp³-hybridized carbons (Fsp3) is 0.214. The molecule has 1 aromatic carbocycles. The lowest BCUT2D eigenvalue weighted by atomic mass is 10.2. The van der Waals surface area contributed by atoms with Crippen LogP contribution in [0.1, 0.15) is 29.4 Å². The first-order valence-corrected chi connectivity index (χ1v) is 7.20. The molecule has 0 amide bonds. The minimum atomic E-state index is 0.251. The van der Waals surface area contributed by atoms with Crippen molar-refractivity contribution >= 4 is 33.0 Å². The quantitative estimate of drug-likeness (QED) is 0.713. The maximum absolute atomic E-state index is 11.7. The molecule has 0 aliphatic heterocycles. The van der Waals surface area contributed by atoms with Crippen molar-refractivity contribution in [3.05, 3.63) is 45.7 Å². The van der Waals surface area contributed by atoms with Crippen molar-refractivity contribution in [1.29, 1.82) is 0 Å². The zero-order chi connectivity index (χ0) is 12.3. The third-order valence-electron chi connectivity index (χ3n) is 2.49. The Hall–Kier alpha value is -0.930. The van der Waals surface area contributed by atoms with E-state index < -0.39 is 0 Å². The second kappa shape index (κ2) is 5.61. The Morgan fingerprint density at radius 1 is 1.18 bits per heavy atom. The van der Waals surface area contributed by atoms with Crippen molar-refractivity contribution in [3.8, 4) is 10.4 Å². The molecule has 1 nitrogen and oxygen atoms in total. The summed E-state index contributed by atoms with van der Waals surface area (Å²) >= 11 is 4.99. The predicted molar refractivity (Wildman–Crippen MR) is 76.7 cm³/mol. The van der Waals surface area contributed by atoms with E-state index in [1.807, 2.05) is 31.2 Å². The Morgan fingerprint density at radius 2 is 1.88 bits per heavy atom. The number of thiophene rings is 1. The van der Waals surface area contributed by atoms with E-state index in [9.17, 15) is 4.79 Å². The Bertz CT molecular complexity index is 513. The minimum absolute atomic E-state index is 0.251. The molecule has 88 valence electrons. The second-order valence-electron chi connectivity index (χ2n) is 3.84. The standard InChI is InChI=1S/C14H13BrOS/c1-2-3-12(16)14-9-8-13(17-14)10-4-6-11(15)7-5-10/h4-9H,2-3H2,1H3. The van der Waals surface area contributed by atoms with E-state index in [0.29, 0.717) is 6.42 Å². The number of rotatable bonds is 4. The summed E-state index contributed by atoms with van der Waals surface area (Å²) in [4.78, 5) is 13.8. The highest BCUT2D eigenvalue weighted by atomic mass is 79.9. The fourth-order valence-electron chi connectivity index (χ4n) is 1.61. The topological polar surface area (TPSA) is 17.1 Å². The van der Waals surface area contributed by atoms with Crippen LogP contribution in [0, 0.1) is 0 Å². The highest BCUT2D eigenvalue weighted by molar-refractivity contribution is 9.10. The third-order valence-corrected chi connectivity index (χ3v) is 4.19. The highest BCUT2D eigenvalue weighted by Crippen LogP contribution is 2.29. The Morgan fingerprint density at radius 3 is 2.53 bits per heavy atom. The molecule has 0 N–H and O–H groups in total. The summed E-state index contributed by atoms with van der Waals surface area (Å²) in [5.74, 6) is 0.251. The molecular weight excluding hydrogens is 296 g/mol. The average Bonchev–Trinajstić information content (AvgIpc) is 2.80. The van der Waals surface area contributed by atoms with Gasteiger partial charge in [0, 0.05) is 15.8 Å². The molecule has 0 fully saturated rings. The lowest BCUT2D eigenvalue weighted by Gasteiger charge is -1.97. The molecule has 1 heterocycles. The lowest BCUT2D eigenvalue weighted by molar-refractivity contribution is 0.0985. The SMILES string of the molecule is CCCC(=O)c1ccc(-c2ccc(Br)cc2)s1. The van der Waals surface area contributed by atoms with Crippen LogP contribution in [0.5, 0.6) is 0 Å². The summed E-state index contributed by atoms with van der Waals surface area (Å²) in [5.41, 5.74) is 1.16. The number of Topliss-reactive ketones (excluding diaryl/α,β-unsaturated/α-hetero) is 1. The molecule has 0 atom stereocenters. The molecule has 0 aliphatic rings. The van der Waals surface area contributed by atoms with Crippen molar-refractivity contribution in [2.45, 2.75) is 19.8 Å². The lowest BCUT2D eigenvalue weighted by Crippen LogP contribution is -1.93. The van der Waals surface area contributed by atoms with Crippen molar-refractivity contribution in [2.75, 3.05) is 0 Å². The van der Waals surface area contributed by atoms with Gasteiger partial charge in [-0.25, -0.2) is 0 Å². The molecule has 0 spiro atoms. The molecule has 0 unspecified atom stereocenters. The smallest absolute Gasteiger partial charge is 0.172 e. The molecule has 3 heteroatoms. The summed E-state index contributed by atoms with van der Waals surface area (Å²) < 4.78 is 1.07. The Kier molecular flexibility index (Phi) is 4.13. The van der Waals surface area contributed by atoms with E-state index in [1.165, 1.54) is 0 Å². The first-order valence-electron chi connectivity index (χ1n) is 5.59.